The first-order valence-electron chi connectivity index (χ1n) is 8.65. The molecule has 1 saturated heterocycles. The van der Waals surface area contributed by atoms with Crippen molar-refractivity contribution in [3.8, 4) is 0 Å². The van der Waals surface area contributed by atoms with Crippen LogP contribution in [0.25, 0.3) is 0 Å². The molecule has 1 aromatic carbocycles. The molecule has 1 fully saturated rings. The van der Waals surface area contributed by atoms with Crippen LogP contribution in [0.3, 0.4) is 0 Å². The van der Waals surface area contributed by atoms with E-state index in [0.29, 0.717) is 17.4 Å². The Bertz CT molecular complexity index is 740. The Balaban J connectivity index is 1.44. The van der Waals surface area contributed by atoms with Crippen LogP contribution in [-0.2, 0) is 24.2 Å². The lowest BCUT2D eigenvalue weighted by molar-refractivity contribution is -0.131. The summed E-state index contributed by atoms with van der Waals surface area (Å²) in [5, 5.41) is 9.42. The fraction of sp³-hybridized carbons (Fsp3) is 0.500. The average Bonchev–Trinajstić information content (AvgIpc) is 3.20. The molecule has 1 aromatic heterocycles. The van der Waals surface area contributed by atoms with Gasteiger partial charge in [0.05, 0.1) is 6.42 Å². The highest BCUT2D eigenvalue weighted by molar-refractivity contribution is 6.30. The summed E-state index contributed by atoms with van der Waals surface area (Å²) in [6.07, 6.45) is 4.73. The van der Waals surface area contributed by atoms with Crippen molar-refractivity contribution in [3.05, 3.63) is 46.5 Å². The van der Waals surface area contributed by atoms with Gasteiger partial charge in [-0.05, 0) is 37.0 Å². The summed E-state index contributed by atoms with van der Waals surface area (Å²) < 4.78 is 2.26. The summed E-state index contributed by atoms with van der Waals surface area (Å²) in [4.78, 5) is 14.6. The van der Waals surface area contributed by atoms with Crippen LogP contribution in [0.15, 0.2) is 24.3 Å². The number of nitrogens with zero attached hydrogens (tertiary/aromatic N) is 4. The van der Waals surface area contributed by atoms with Crippen molar-refractivity contribution in [1.82, 2.24) is 19.7 Å². The van der Waals surface area contributed by atoms with E-state index in [1.54, 1.807) is 0 Å². The summed E-state index contributed by atoms with van der Waals surface area (Å²) in [6, 6.07) is 7.52. The molecule has 1 atom stereocenters. The van der Waals surface area contributed by atoms with Gasteiger partial charge in [-0.25, -0.2) is 0 Å². The smallest absolute Gasteiger partial charge is 0.227 e. The quantitative estimate of drug-likeness (QED) is 0.860. The van der Waals surface area contributed by atoms with Gasteiger partial charge in [0.25, 0.3) is 0 Å². The predicted molar refractivity (Wildman–Crippen MR) is 92.1 cm³/mol. The minimum atomic E-state index is 0.184. The molecule has 126 valence electrons. The fourth-order valence-electron chi connectivity index (χ4n) is 3.78. The minimum absolute atomic E-state index is 0.184. The highest BCUT2D eigenvalue weighted by Crippen LogP contribution is 2.28. The Morgan fingerprint density at radius 3 is 2.83 bits per heavy atom. The van der Waals surface area contributed by atoms with E-state index in [4.69, 9.17) is 11.6 Å². The number of benzene rings is 1. The largest absolute Gasteiger partial charge is 0.342 e. The molecule has 24 heavy (non-hydrogen) atoms. The number of aryl methyl sites for hydroxylation is 1. The molecule has 0 N–H and O–H groups in total. The fourth-order valence-corrected chi connectivity index (χ4v) is 3.90. The third-order valence-corrected chi connectivity index (χ3v) is 5.30. The van der Waals surface area contributed by atoms with Gasteiger partial charge in [0.15, 0.2) is 0 Å². The molecule has 2 aliphatic rings. The lowest BCUT2D eigenvalue weighted by Crippen LogP contribution is -2.40. The molecule has 6 heteroatoms. The number of amides is 1. The van der Waals surface area contributed by atoms with Crippen molar-refractivity contribution in [2.24, 2.45) is 0 Å². The van der Waals surface area contributed by atoms with E-state index >= 15 is 0 Å². The van der Waals surface area contributed by atoms with E-state index in [9.17, 15) is 4.79 Å². The molecule has 0 aliphatic carbocycles. The van der Waals surface area contributed by atoms with Crippen molar-refractivity contribution in [3.63, 3.8) is 0 Å². The van der Waals surface area contributed by atoms with Gasteiger partial charge in [0, 0.05) is 37.0 Å². The molecule has 5 nitrogen and oxygen atoms in total. The van der Waals surface area contributed by atoms with Crippen LogP contribution < -0.4 is 0 Å². The van der Waals surface area contributed by atoms with Crippen LogP contribution in [0.5, 0.6) is 0 Å². The standard InChI is InChI=1S/C18H21ClN4O/c19-15-7-5-13(6-8-15)11-17(24)22-9-1-3-14(12-22)18-21-20-16-4-2-10-23(16)18/h5-8,14H,1-4,9-12H2. The lowest BCUT2D eigenvalue weighted by Gasteiger charge is -2.32. The number of hydrogen-bond donors (Lipinski definition) is 0. The van der Waals surface area contributed by atoms with E-state index in [1.807, 2.05) is 29.2 Å². The zero-order chi connectivity index (χ0) is 16.5. The maximum absolute atomic E-state index is 12.7. The second-order valence-electron chi connectivity index (χ2n) is 6.71. The number of piperidine rings is 1. The van der Waals surface area contributed by atoms with Gasteiger partial charge < -0.3 is 9.47 Å². The van der Waals surface area contributed by atoms with Crippen LogP contribution >= 0.6 is 11.6 Å². The predicted octanol–water partition coefficient (Wildman–Crippen LogP) is 2.83. The van der Waals surface area contributed by atoms with E-state index in [-0.39, 0.29) is 5.91 Å². The Morgan fingerprint density at radius 2 is 2.00 bits per heavy atom. The van der Waals surface area contributed by atoms with Crippen LogP contribution in [0.1, 0.15) is 42.4 Å². The van der Waals surface area contributed by atoms with E-state index in [1.165, 1.54) is 0 Å². The van der Waals surface area contributed by atoms with Crippen LogP contribution in [0.2, 0.25) is 5.02 Å². The molecule has 0 spiro atoms. The maximum atomic E-state index is 12.7. The maximum Gasteiger partial charge on any atom is 0.227 e. The first-order chi connectivity index (χ1) is 11.7. The molecule has 3 heterocycles. The van der Waals surface area contributed by atoms with Gasteiger partial charge >= 0.3 is 0 Å². The van der Waals surface area contributed by atoms with Crippen molar-refractivity contribution in [2.75, 3.05) is 13.1 Å². The zero-order valence-corrected chi connectivity index (χ0v) is 14.4. The van der Waals surface area contributed by atoms with Crippen molar-refractivity contribution in [2.45, 2.75) is 44.6 Å². The number of rotatable bonds is 3. The van der Waals surface area contributed by atoms with Crippen LogP contribution in [-0.4, -0.2) is 38.7 Å². The molecule has 2 aliphatic heterocycles. The van der Waals surface area contributed by atoms with Crippen LogP contribution in [0.4, 0.5) is 0 Å². The third-order valence-electron chi connectivity index (χ3n) is 5.05. The van der Waals surface area contributed by atoms with Gasteiger partial charge in [-0.1, -0.05) is 23.7 Å². The molecule has 1 unspecified atom stereocenters. The lowest BCUT2D eigenvalue weighted by atomic mass is 9.96. The van der Waals surface area contributed by atoms with Crippen molar-refractivity contribution in [1.29, 1.82) is 0 Å². The summed E-state index contributed by atoms with van der Waals surface area (Å²) in [5.74, 6) is 2.68. The van der Waals surface area contributed by atoms with E-state index in [2.05, 4.69) is 14.8 Å². The molecule has 0 bridgehead atoms. The first kappa shape index (κ1) is 15.6. The molecular formula is C18H21ClN4O. The van der Waals surface area contributed by atoms with Crippen molar-refractivity contribution >= 4 is 17.5 Å². The number of carbonyl (C=O) groups excluding carboxylic acids is 1. The summed E-state index contributed by atoms with van der Waals surface area (Å²) >= 11 is 5.91. The highest BCUT2D eigenvalue weighted by atomic mass is 35.5. The monoisotopic (exact) mass is 344 g/mol. The molecule has 4 rings (SSSR count). The van der Waals surface area contributed by atoms with Gasteiger partial charge in [0.2, 0.25) is 5.91 Å². The van der Waals surface area contributed by atoms with Gasteiger partial charge in [-0.15, -0.1) is 10.2 Å². The Kier molecular flexibility index (Phi) is 4.27. The average molecular weight is 345 g/mol. The Labute approximate surface area is 146 Å². The van der Waals surface area contributed by atoms with E-state index < -0.39 is 0 Å². The SMILES string of the molecule is O=C(Cc1ccc(Cl)cc1)N1CCCC(c2nnc3n2CCC3)C1. The summed E-state index contributed by atoms with van der Waals surface area (Å²) in [7, 11) is 0. The number of fused-ring (bicyclic) bond motifs is 1. The summed E-state index contributed by atoms with van der Waals surface area (Å²) in [6.45, 7) is 2.61. The zero-order valence-electron chi connectivity index (χ0n) is 13.6. The number of hydrogen-bond acceptors (Lipinski definition) is 3. The third kappa shape index (κ3) is 3.05. The number of halogens is 1. The van der Waals surface area contributed by atoms with Gasteiger partial charge in [-0.2, -0.15) is 0 Å². The first-order valence-corrected chi connectivity index (χ1v) is 9.02. The second kappa shape index (κ2) is 6.55. The summed E-state index contributed by atoms with van der Waals surface area (Å²) in [5.41, 5.74) is 1.01. The van der Waals surface area contributed by atoms with E-state index in [0.717, 1.165) is 62.5 Å². The second-order valence-corrected chi connectivity index (χ2v) is 7.15. The Morgan fingerprint density at radius 1 is 1.17 bits per heavy atom. The molecular weight excluding hydrogens is 324 g/mol. The molecule has 1 amide bonds. The number of carbonyl (C=O) groups is 1. The molecule has 0 saturated carbocycles. The molecule has 2 aromatic rings. The number of likely N-dealkylation sites (tertiary alicyclic amines) is 1. The van der Waals surface area contributed by atoms with Crippen LogP contribution in [0, 0.1) is 0 Å². The number of aromatic nitrogens is 3. The van der Waals surface area contributed by atoms with Crippen molar-refractivity contribution < 1.29 is 4.79 Å². The van der Waals surface area contributed by atoms with Gasteiger partial charge in [-0.3, -0.25) is 4.79 Å². The highest BCUT2D eigenvalue weighted by Gasteiger charge is 2.30. The minimum Gasteiger partial charge on any atom is -0.342 e. The normalized spacial score (nSPS) is 20.2. The van der Waals surface area contributed by atoms with Gasteiger partial charge in [0.1, 0.15) is 11.6 Å². The topological polar surface area (TPSA) is 51.0 Å². The molecule has 0 radical (unpaired) electrons. The Hall–Kier alpha value is -1.88.